The zero-order valence-electron chi connectivity index (χ0n) is 18.6. The highest BCUT2D eigenvalue weighted by molar-refractivity contribution is 6.42. The van der Waals surface area contributed by atoms with Gasteiger partial charge in [-0.1, -0.05) is 24.3 Å². The number of hydrogen-bond donors (Lipinski definition) is 1. The minimum atomic E-state index is -1.12. The molecular formula is C25H24N2O6. The zero-order valence-corrected chi connectivity index (χ0v) is 18.6. The highest BCUT2D eigenvalue weighted by atomic mass is 16.5. The van der Waals surface area contributed by atoms with Crippen LogP contribution in [0, 0.1) is 5.92 Å². The topological polar surface area (TPSA) is 106 Å². The fourth-order valence-electron chi connectivity index (χ4n) is 4.49. The Hall–Kier alpha value is -3.94. The summed E-state index contributed by atoms with van der Waals surface area (Å²) in [4.78, 5) is 54.8. The Labute approximate surface area is 190 Å². The lowest BCUT2D eigenvalue weighted by atomic mass is 9.89. The van der Waals surface area contributed by atoms with Gasteiger partial charge in [0, 0.05) is 23.6 Å². The number of para-hydroxylation sites is 1. The van der Waals surface area contributed by atoms with Crippen molar-refractivity contribution in [3.8, 4) is 5.75 Å². The van der Waals surface area contributed by atoms with E-state index in [1.54, 1.807) is 12.1 Å². The van der Waals surface area contributed by atoms with Gasteiger partial charge in [-0.15, -0.1) is 0 Å². The molecule has 0 saturated carbocycles. The third-order valence-corrected chi connectivity index (χ3v) is 6.11. The van der Waals surface area contributed by atoms with Crippen LogP contribution in [0.25, 0.3) is 10.9 Å². The van der Waals surface area contributed by atoms with Crippen LogP contribution in [0.2, 0.25) is 0 Å². The van der Waals surface area contributed by atoms with Crippen molar-refractivity contribution in [3.63, 3.8) is 0 Å². The minimum absolute atomic E-state index is 0.212. The Kier molecular flexibility index (Phi) is 6.00. The van der Waals surface area contributed by atoms with Gasteiger partial charge in [0.15, 0.2) is 0 Å². The van der Waals surface area contributed by atoms with Gasteiger partial charge in [-0.25, -0.2) is 4.79 Å². The largest absolute Gasteiger partial charge is 0.496 e. The number of amides is 1. The van der Waals surface area contributed by atoms with Gasteiger partial charge in [-0.2, -0.15) is 0 Å². The van der Waals surface area contributed by atoms with Gasteiger partial charge in [0.25, 0.3) is 5.91 Å². The van der Waals surface area contributed by atoms with Crippen LogP contribution in [0.5, 0.6) is 5.75 Å². The molecule has 1 saturated heterocycles. The number of fused-ring (bicyclic) bond motifs is 1. The molecule has 1 amide bonds. The summed E-state index contributed by atoms with van der Waals surface area (Å²) < 4.78 is 10.1. The number of likely N-dealkylation sites (tertiary alicyclic amines) is 1. The third-order valence-electron chi connectivity index (χ3n) is 6.11. The van der Waals surface area contributed by atoms with Gasteiger partial charge in [0.1, 0.15) is 23.0 Å². The second kappa shape index (κ2) is 8.90. The van der Waals surface area contributed by atoms with E-state index in [9.17, 15) is 19.2 Å². The van der Waals surface area contributed by atoms with Crippen LogP contribution >= 0.6 is 0 Å². The summed E-state index contributed by atoms with van der Waals surface area (Å²) in [5.41, 5.74) is 2.74. The summed E-state index contributed by atoms with van der Waals surface area (Å²) in [5, 5.41) is 1.04. The van der Waals surface area contributed by atoms with Crippen molar-refractivity contribution in [1.82, 2.24) is 9.88 Å². The van der Waals surface area contributed by atoms with Gasteiger partial charge in [0.2, 0.25) is 5.78 Å². The fraction of sp³-hybridized carbons (Fsp3) is 0.280. The molecule has 1 N–H and O–H groups in total. The molecule has 0 bridgehead atoms. The van der Waals surface area contributed by atoms with E-state index in [1.807, 2.05) is 30.5 Å². The number of carbonyl (C=O) groups excluding carboxylic acids is 4. The van der Waals surface area contributed by atoms with Crippen molar-refractivity contribution < 1.29 is 28.7 Å². The van der Waals surface area contributed by atoms with E-state index in [-0.39, 0.29) is 23.6 Å². The van der Waals surface area contributed by atoms with Crippen LogP contribution in [-0.4, -0.2) is 54.1 Å². The van der Waals surface area contributed by atoms with Gasteiger partial charge in [-0.3, -0.25) is 14.4 Å². The molecule has 1 aromatic heterocycles. The number of rotatable bonds is 7. The first-order valence-electron chi connectivity index (χ1n) is 10.5. The predicted octanol–water partition coefficient (Wildman–Crippen LogP) is 2.86. The SMILES string of the molecule is COC(=O)c1ccc(C2C(C(C)=O)C(=O)C(=O)N2CCc2c[nH]c3ccccc23)cc1OC. The Balaban J connectivity index is 1.70. The van der Waals surface area contributed by atoms with Crippen LogP contribution in [0.1, 0.15) is 34.5 Å². The van der Waals surface area contributed by atoms with E-state index in [2.05, 4.69) is 4.98 Å². The van der Waals surface area contributed by atoms with E-state index in [1.165, 1.54) is 32.1 Å². The molecule has 1 aliphatic rings. The molecule has 4 rings (SSSR count). The summed E-state index contributed by atoms with van der Waals surface area (Å²) >= 11 is 0. The van der Waals surface area contributed by atoms with Crippen molar-refractivity contribution in [2.75, 3.05) is 20.8 Å². The molecule has 1 fully saturated rings. The minimum Gasteiger partial charge on any atom is -0.496 e. The molecule has 8 nitrogen and oxygen atoms in total. The number of nitrogens with one attached hydrogen (secondary N) is 1. The number of ketones is 2. The monoisotopic (exact) mass is 448 g/mol. The maximum atomic E-state index is 12.9. The molecule has 8 heteroatoms. The Morgan fingerprint density at radius 2 is 1.85 bits per heavy atom. The maximum Gasteiger partial charge on any atom is 0.341 e. The molecule has 33 heavy (non-hydrogen) atoms. The van der Waals surface area contributed by atoms with Crippen molar-refractivity contribution in [3.05, 3.63) is 65.4 Å². The molecular weight excluding hydrogens is 424 g/mol. The van der Waals surface area contributed by atoms with Crippen LogP contribution < -0.4 is 4.74 Å². The number of nitrogens with zero attached hydrogens (tertiary/aromatic N) is 1. The molecule has 2 unspecified atom stereocenters. The molecule has 2 aromatic carbocycles. The summed E-state index contributed by atoms with van der Waals surface area (Å²) in [6.07, 6.45) is 2.39. The van der Waals surface area contributed by atoms with E-state index < -0.39 is 29.6 Å². The van der Waals surface area contributed by atoms with E-state index in [4.69, 9.17) is 9.47 Å². The molecule has 170 valence electrons. The van der Waals surface area contributed by atoms with Gasteiger partial charge in [0.05, 0.1) is 20.3 Å². The van der Waals surface area contributed by atoms with Crippen molar-refractivity contribution in [2.24, 2.45) is 5.92 Å². The predicted molar refractivity (Wildman–Crippen MR) is 120 cm³/mol. The van der Waals surface area contributed by atoms with Crippen molar-refractivity contribution in [2.45, 2.75) is 19.4 Å². The Bertz CT molecular complexity index is 1260. The standard InChI is InChI=1S/C25H24N2O6/c1-14(28)21-22(15-8-9-18(25(31)33-3)20(12-15)32-2)27(24(30)23(21)29)11-10-16-13-26-19-7-5-4-6-17(16)19/h4-9,12-13,21-22,26H,10-11H2,1-3H3. The molecule has 0 spiro atoms. The molecule has 1 aliphatic heterocycles. The van der Waals surface area contributed by atoms with Crippen LogP contribution in [0.4, 0.5) is 0 Å². The first-order chi connectivity index (χ1) is 15.9. The number of benzene rings is 2. The van der Waals surface area contributed by atoms with Gasteiger partial charge in [-0.05, 0) is 42.7 Å². The summed E-state index contributed by atoms with van der Waals surface area (Å²) in [6.45, 7) is 1.56. The number of hydrogen-bond acceptors (Lipinski definition) is 6. The highest BCUT2D eigenvalue weighted by Crippen LogP contribution is 2.39. The van der Waals surface area contributed by atoms with Gasteiger partial charge >= 0.3 is 5.97 Å². The molecule has 2 heterocycles. The fourth-order valence-corrected chi connectivity index (χ4v) is 4.49. The second-order valence-electron chi connectivity index (χ2n) is 7.96. The third kappa shape index (κ3) is 3.88. The maximum absolute atomic E-state index is 12.9. The molecule has 3 aromatic rings. The number of aromatic nitrogens is 1. The smallest absolute Gasteiger partial charge is 0.341 e. The number of esters is 1. The Morgan fingerprint density at radius 1 is 1.09 bits per heavy atom. The lowest BCUT2D eigenvalue weighted by Crippen LogP contribution is -2.32. The first kappa shape index (κ1) is 22.3. The van der Waals surface area contributed by atoms with E-state index >= 15 is 0 Å². The second-order valence-corrected chi connectivity index (χ2v) is 7.96. The summed E-state index contributed by atoms with van der Waals surface area (Å²) in [7, 11) is 2.68. The summed E-state index contributed by atoms with van der Waals surface area (Å²) in [6, 6.07) is 11.8. The molecule has 0 radical (unpaired) electrons. The van der Waals surface area contributed by atoms with Crippen LogP contribution in [-0.2, 0) is 25.5 Å². The number of methoxy groups -OCH3 is 2. The van der Waals surface area contributed by atoms with Crippen molar-refractivity contribution in [1.29, 1.82) is 0 Å². The average molecular weight is 448 g/mol. The zero-order chi connectivity index (χ0) is 23.7. The summed E-state index contributed by atoms with van der Waals surface area (Å²) in [5.74, 6) is -3.24. The van der Waals surface area contributed by atoms with Crippen molar-refractivity contribution >= 4 is 34.3 Å². The van der Waals surface area contributed by atoms with E-state index in [0.717, 1.165) is 16.5 Å². The number of Topliss-reactive ketones (excluding diaryl/α,β-unsaturated/α-hetero) is 2. The lowest BCUT2D eigenvalue weighted by Gasteiger charge is -2.27. The quantitative estimate of drug-likeness (QED) is 0.339. The number of aromatic amines is 1. The molecule has 2 atom stereocenters. The molecule has 0 aliphatic carbocycles. The number of carbonyl (C=O) groups is 4. The van der Waals surface area contributed by atoms with Crippen LogP contribution in [0.3, 0.4) is 0 Å². The van der Waals surface area contributed by atoms with Gasteiger partial charge < -0.3 is 19.4 Å². The highest BCUT2D eigenvalue weighted by Gasteiger charge is 2.50. The normalized spacial score (nSPS) is 18.1. The van der Waals surface area contributed by atoms with Crippen LogP contribution in [0.15, 0.2) is 48.7 Å². The van der Waals surface area contributed by atoms with E-state index in [0.29, 0.717) is 12.0 Å². The average Bonchev–Trinajstić information content (AvgIpc) is 3.35. The number of ether oxygens (including phenoxy) is 2. The first-order valence-corrected chi connectivity index (χ1v) is 10.5. The Morgan fingerprint density at radius 3 is 2.55 bits per heavy atom. The number of H-pyrrole nitrogens is 1. The lowest BCUT2D eigenvalue weighted by molar-refractivity contribution is -0.142.